The maximum Gasteiger partial charge on any atom is 0.419 e. The molecule has 0 unspecified atom stereocenters. The molecule has 0 saturated heterocycles. The molecule has 0 atom stereocenters. The van der Waals surface area contributed by atoms with Crippen LogP contribution >= 0.6 is 0 Å². The third kappa shape index (κ3) is 2.90. The van der Waals surface area contributed by atoms with Gasteiger partial charge in [-0.25, -0.2) is 13.9 Å². The van der Waals surface area contributed by atoms with Gasteiger partial charge in [-0.2, -0.15) is 18.2 Å². The van der Waals surface area contributed by atoms with Crippen LogP contribution in [0.15, 0.2) is 30.5 Å². The van der Waals surface area contributed by atoms with E-state index in [0.29, 0.717) is 17.8 Å². The third-order valence-electron chi connectivity index (χ3n) is 3.16. The van der Waals surface area contributed by atoms with Gasteiger partial charge in [0.15, 0.2) is 0 Å². The summed E-state index contributed by atoms with van der Waals surface area (Å²) in [7, 11) is 0. The molecule has 124 valence electrons. The normalized spacial score (nSPS) is 11.7. The summed E-state index contributed by atoms with van der Waals surface area (Å²) in [5.41, 5.74) is -1.02. The minimum atomic E-state index is -4.87. The molecule has 0 fully saturated rings. The molecule has 3 rings (SSSR count). The molecule has 6 nitrogen and oxygen atoms in total. The lowest BCUT2D eigenvalue weighted by molar-refractivity contribution is -0.139. The van der Waals surface area contributed by atoms with E-state index < -0.39 is 23.5 Å². The van der Waals surface area contributed by atoms with Gasteiger partial charge in [0.25, 0.3) is 11.7 Å². The Labute approximate surface area is 132 Å². The van der Waals surface area contributed by atoms with Crippen LogP contribution < -0.4 is 5.32 Å². The van der Waals surface area contributed by atoms with E-state index in [1.807, 2.05) is 0 Å². The van der Waals surface area contributed by atoms with Crippen molar-refractivity contribution < 1.29 is 22.4 Å². The number of hydrogen-bond acceptors (Lipinski definition) is 4. The lowest BCUT2D eigenvalue weighted by Crippen LogP contribution is -2.15. The van der Waals surface area contributed by atoms with Crippen LogP contribution in [0.25, 0.3) is 5.78 Å². The highest BCUT2D eigenvalue weighted by molar-refractivity contribution is 6.01. The van der Waals surface area contributed by atoms with Crippen molar-refractivity contribution in [3.8, 4) is 0 Å². The number of anilines is 1. The Hall–Kier alpha value is -3.04. The number of benzene rings is 1. The molecule has 0 spiro atoms. The van der Waals surface area contributed by atoms with E-state index in [0.717, 1.165) is 6.07 Å². The first-order valence-corrected chi connectivity index (χ1v) is 6.62. The van der Waals surface area contributed by atoms with Gasteiger partial charge >= 0.3 is 6.18 Å². The Morgan fingerprint density at radius 2 is 2.00 bits per heavy atom. The molecule has 3 aromatic rings. The molecular weight excluding hydrogens is 330 g/mol. The molecule has 10 heteroatoms. The lowest BCUT2D eigenvalue weighted by atomic mass is 10.2. The standard InChI is InChI=1S/C14H9F4N5O/c1-7-4-5-19-13-21-11(22-23(7)13)12(24)20-8-2-3-10(15)9(6-8)14(16,17)18/h2-6H,1H3,(H,20,24). The summed E-state index contributed by atoms with van der Waals surface area (Å²) in [4.78, 5) is 19.9. The number of carbonyl (C=O) groups is 1. The molecule has 1 amide bonds. The second-order valence-electron chi connectivity index (χ2n) is 4.88. The predicted molar refractivity (Wildman–Crippen MR) is 74.9 cm³/mol. The number of aryl methyl sites for hydroxylation is 1. The Morgan fingerprint density at radius 3 is 2.67 bits per heavy atom. The van der Waals surface area contributed by atoms with Crippen molar-refractivity contribution in [2.75, 3.05) is 5.32 Å². The molecule has 2 aromatic heterocycles. The Kier molecular flexibility index (Phi) is 3.66. The Morgan fingerprint density at radius 1 is 1.25 bits per heavy atom. The van der Waals surface area contributed by atoms with Crippen molar-refractivity contribution in [3.05, 3.63) is 53.4 Å². The highest BCUT2D eigenvalue weighted by Gasteiger charge is 2.34. The number of nitrogens with one attached hydrogen (secondary N) is 1. The predicted octanol–water partition coefficient (Wildman–Crippen LogP) is 2.84. The van der Waals surface area contributed by atoms with E-state index in [-0.39, 0.29) is 17.3 Å². The highest BCUT2D eigenvalue weighted by Crippen LogP contribution is 2.33. The van der Waals surface area contributed by atoms with E-state index in [4.69, 9.17) is 0 Å². The summed E-state index contributed by atoms with van der Waals surface area (Å²) < 4.78 is 52.6. The molecule has 2 heterocycles. The number of rotatable bonds is 2. The van der Waals surface area contributed by atoms with Crippen molar-refractivity contribution >= 4 is 17.4 Å². The zero-order chi connectivity index (χ0) is 17.5. The fourth-order valence-corrected chi connectivity index (χ4v) is 2.01. The molecule has 1 N–H and O–H groups in total. The molecule has 24 heavy (non-hydrogen) atoms. The number of aromatic nitrogens is 4. The summed E-state index contributed by atoms with van der Waals surface area (Å²) in [5.74, 6) is -2.35. The first kappa shape index (κ1) is 15.8. The molecular formula is C14H9F4N5O. The van der Waals surface area contributed by atoms with Gasteiger partial charge in [-0.15, -0.1) is 5.10 Å². The highest BCUT2D eigenvalue weighted by atomic mass is 19.4. The van der Waals surface area contributed by atoms with E-state index in [1.165, 1.54) is 10.7 Å². The van der Waals surface area contributed by atoms with E-state index in [9.17, 15) is 22.4 Å². The zero-order valence-electron chi connectivity index (χ0n) is 12.1. The maximum atomic E-state index is 13.2. The first-order valence-electron chi connectivity index (χ1n) is 6.62. The van der Waals surface area contributed by atoms with Crippen LogP contribution in [0.1, 0.15) is 21.9 Å². The second-order valence-corrected chi connectivity index (χ2v) is 4.88. The van der Waals surface area contributed by atoms with E-state index >= 15 is 0 Å². The number of fused-ring (bicyclic) bond motifs is 1. The maximum absolute atomic E-state index is 13.2. The average Bonchev–Trinajstić information content (AvgIpc) is 2.94. The number of halogens is 4. The fourth-order valence-electron chi connectivity index (χ4n) is 2.01. The topological polar surface area (TPSA) is 72.2 Å². The smallest absolute Gasteiger partial charge is 0.319 e. The van der Waals surface area contributed by atoms with Gasteiger partial charge in [-0.1, -0.05) is 0 Å². The van der Waals surface area contributed by atoms with Crippen molar-refractivity contribution in [3.63, 3.8) is 0 Å². The number of amides is 1. The SMILES string of the molecule is Cc1ccnc2nc(C(=O)Nc3ccc(F)c(C(F)(F)F)c3)nn12. The van der Waals surface area contributed by atoms with Gasteiger partial charge in [0, 0.05) is 17.6 Å². The lowest BCUT2D eigenvalue weighted by Gasteiger charge is -2.10. The van der Waals surface area contributed by atoms with Crippen LogP contribution in [-0.4, -0.2) is 25.5 Å². The quantitative estimate of drug-likeness (QED) is 0.729. The van der Waals surface area contributed by atoms with Crippen molar-refractivity contribution in [1.82, 2.24) is 19.6 Å². The third-order valence-corrected chi connectivity index (χ3v) is 3.16. The molecule has 0 radical (unpaired) electrons. The molecule has 0 aliphatic rings. The first-order chi connectivity index (χ1) is 11.3. The molecule has 1 aromatic carbocycles. The zero-order valence-corrected chi connectivity index (χ0v) is 12.1. The summed E-state index contributed by atoms with van der Waals surface area (Å²) in [6, 6.07) is 3.80. The van der Waals surface area contributed by atoms with Crippen molar-refractivity contribution in [2.45, 2.75) is 13.1 Å². The van der Waals surface area contributed by atoms with Gasteiger partial charge < -0.3 is 5.32 Å². The van der Waals surface area contributed by atoms with E-state index in [1.54, 1.807) is 13.0 Å². The minimum Gasteiger partial charge on any atom is -0.319 e. The van der Waals surface area contributed by atoms with Gasteiger partial charge in [0.05, 0.1) is 5.56 Å². The van der Waals surface area contributed by atoms with Crippen LogP contribution in [0, 0.1) is 12.7 Å². The molecule has 0 saturated carbocycles. The van der Waals surface area contributed by atoms with Crippen LogP contribution in [0.4, 0.5) is 23.2 Å². The Balaban J connectivity index is 1.90. The van der Waals surface area contributed by atoms with Gasteiger partial charge in [0.1, 0.15) is 5.82 Å². The summed E-state index contributed by atoms with van der Waals surface area (Å²) >= 11 is 0. The minimum absolute atomic E-state index is 0.176. The monoisotopic (exact) mass is 339 g/mol. The summed E-state index contributed by atoms with van der Waals surface area (Å²) in [5, 5.41) is 6.14. The van der Waals surface area contributed by atoms with Gasteiger partial charge in [-0.05, 0) is 31.2 Å². The summed E-state index contributed by atoms with van der Waals surface area (Å²) in [6.45, 7) is 1.72. The largest absolute Gasteiger partial charge is 0.419 e. The number of nitrogens with zero attached hydrogens (tertiary/aromatic N) is 4. The Bertz CT molecular complexity index is 935. The van der Waals surface area contributed by atoms with Crippen LogP contribution in [0.3, 0.4) is 0 Å². The number of alkyl halides is 3. The summed E-state index contributed by atoms with van der Waals surface area (Å²) in [6.07, 6.45) is -3.39. The molecule has 0 aliphatic carbocycles. The van der Waals surface area contributed by atoms with E-state index in [2.05, 4.69) is 20.4 Å². The van der Waals surface area contributed by atoms with Gasteiger partial charge in [0.2, 0.25) is 5.82 Å². The number of hydrogen-bond donors (Lipinski definition) is 1. The van der Waals surface area contributed by atoms with Crippen molar-refractivity contribution in [2.24, 2.45) is 0 Å². The van der Waals surface area contributed by atoms with Gasteiger partial charge in [-0.3, -0.25) is 4.79 Å². The molecule has 0 aliphatic heterocycles. The second kappa shape index (κ2) is 5.55. The number of carbonyl (C=O) groups excluding carboxylic acids is 1. The van der Waals surface area contributed by atoms with Crippen LogP contribution in [0.5, 0.6) is 0 Å². The fraction of sp³-hybridized carbons (Fsp3) is 0.143. The van der Waals surface area contributed by atoms with Crippen molar-refractivity contribution in [1.29, 1.82) is 0 Å². The molecule has 0 bridgehead atoms. The van der Waals surface area contributed by atoms with Crippen LogP contribution in [0.2, 0.25) is 0 Å². The average molecular weight is 339 g/mol. The van der Waals surface area contributed by atoms with Crippen LogP contribution in [-0.2, 0) is 6.18 Å².